The SMILES string of the molecule is O=S(=O)(O)CCCCS(=O)(=O)O.[H-].[H-].[Na+].[Na+]. The Morgan fingerprint density at radius 3 is 1.14 bits per heavy atom. The van der Waals surface area contributed by atoms with Crippen LogP contribution in [-0.2, 0) is 20.2 Å². The summed E-state index contributed by atoms with van der Waals surface area (Å²) in [4.78, 5) is 0. The van der Waals surface area contributed by atoms with Crippen molar-refractivity contribution in [2.24, 2.45) is 0 Å². The van der Waals surface area contributed by atoms with Crippen molar-refractivity contribution in [3.8, 4) is 0 Å². The van der Waals surface area contributed by atoms with E-state index in [1.54, 1.807) is 0 Å². The van der Waals surface area contributed by atoms with Crippen molar-refractivity contribution in [2.75, 3.05) is 11.5 Å². The van der Waals surface area contributed by atoms with Crippen molar-refractivity contribution in [3.63, 3.8) is 0 Å². The van der Waals surface area contributed by atoms with E-state index >= 15 is 0 Å². The van der Waals surface area contributed by atoms with Gasteiger partial charge >= 0.3 is 59.1 Å². The Morgan fingerprint density at radius 2 is 1.00 bits per heavy atom. The van der Waals surface area contributed by atoms with E-state index in [0.29, 0.717) is 0 Å². The van der Waals surface area contributed by atoms with Crippen LogP contribution in [0.5, 0.6) is 0 Å². The maximum absolute atomic E-state index is 10.1. The molecule has 0 saturated carbocycles. The first kappa shape index (κ1) is 21.1. The molecule has 0 aromatic rings. The fourth-order valence-corrected chi connectivity index (χ4v) is 1.71. The number of rotatable bonds is 5. The largest absolute Gasteiger partial charge is 1.00 e. The molecule has 0 aromatic carbocycles. The van der Waals surface area contributed by atoms with Crippen molar-refractivity contribution < 1.29 is 87.9 Å². The molecule has 0 bridgehead atoms. The molecule has 6 nitrogen and oxygen atoms in total. The quantitative estimate of drug-likeness (QED) is 0.291. The van der Waals surface area contributed by atoms with E-state index in [0.717, 1.165) is 0 Å². The molecule has 2 N–H and O–H groups in total. The average Bonchev–Trinajstić information content (AvgIpc) is 1.76. The minimum absolute atomic E-state index is 0. The molecule has 10 heteroatoms. The van der Waals surface area contributed by atoms with Crippen molar-refractivity contribution >= 4 is 20.2 Å². The first-order chi connectivity index (χ1) is 5.21. The molecule has 0 fully saturated rings. The van der Waals surface area contributed by atoms with Gasteiger partial charge in [-0.3, -0.25) is 9.11 Å². The zero-order valence-corrected chi connectivity index (χ0v) is 13.8. The van der Waals surface area contributed by atoms with Gasteiger partial charge in [-0.25, -0.2) is 0 Å². The van der Waals surface area contributed by atoms with Gasteiger partial charge in [0.05, 0.1) is 11.5 Å². The second-order valence-electron chi connectivity index (χ2n) is 2.28. The summed E-state index contributed by atoms with van der Waals surface area (Å²) >= 11 is 0. The van der Waals surface area contributed by atoms with E-state index in [-0.39, 0.29) is 74.8 Å². The van der Waals surface area contributed by atoms with Crippen LogP contribution in [0.1, 0.15) is 15.7 Å². The third-order valence-electron chi connectivity index (χ3n) is 1.05. The molecule has 14 heavy (non-hydrogen) atoms. The Bertz CT molecular complexity index is 294. The van der Waals surface area contributed by atoms with Crippen LogP contribution in [0, 0.1) is 0 Å². The fourth-order valence-electron chi connectivity index (χ4n) is 0.569. The van der Waals surface area contributed by atoms with Crippen LogP contribution in [0.15, 0.2) is 0 Å². The van der Waals surface area contributed by atoms with Gasteiger partial charge in [0.2, 0.25) is 0 Å². The summed E-state index contributed by atoms with van der Waals surface area (Å²) in [6.07, 6.45) is 0.0250. The Morgan fingerprint density at radius 1 is 0.786 bits per heavy atom. The van der Waals surface area contributed by atoms with Gasteiger partial charge in [-0.1, -0.05) is 0 Å². The first-order valence-electron chi connectivity index (χ1n) is 3.11. The van der Waals surface area contributed by atoms with Gasteiger partial charge in [0.1, 0.15) is 0 Å². The van der Waals surface area contributed by atoms with E-state index in [9.17, 15) is 16.8 Å². The van der Waals surface area contributed by atoms with Gasteiger partial charge in [0.15, 0.2) is 0 Å². The van der Waals surface area contributed by atoms with Crippen LogP contribution >= 0.6 is 0 Å². The van der Waals surface area contributed by atoms with E-state index in [1.165, 1.54) is 0 Å². The van der Waals surface area contributed by atoms with Gasteiger partial charge in [-0.2, -0.15) is 16.8 Å². The predicted octanol–water partition coefficient (Wildman–Crippen LogP) is -6.22. The van der Waals surface area contributed by atoms with Crippen molar-refractivity contribution in [2.45, 2.75) is 12.8 Å². The Hall–Kier alpha value is 1.82. The zero-order chi connectivity index (χ0) is 9.83. The predicted molar refractivity (Wildman–Crippen MR) is 44.3 cm³/mol. The average molecular weight is 266 g/mol. The van der Waals surface area contributed by atoms with Crippen LogP contribution in [0.4, 0.5) is 0 Å². The summed E-state index contributed by atoms with van der Waals surface area (Å²) in [5.74, 6) is -0.967. The molecule has 0 atom stereocenters. The molecule has 0 unspecified atom stereocenters. The van der Waals surface area contributed by atoms with E-state index in [4.69, 9.17) is 9.11 Å². The maximum Gasteiger partial charge on any atom is 1.00 e. The second kappa shape index (κ2) is 8.91. The molecule has 0 radical (unpaired) electrons. The van der Waals surface area contributed by atoms with E-state index in [2.05, 4.69) is 0 Å². The molecule has 0 amide bonds. The van der Waals surface area contributed by atoms with Gasteiger partial charge in [0, 0.05) is 0 Å². The second-order valence-corrected chi connectivity index (χ2v) is 5.42. The summed E-state index contributed by atoms with van der Waals surface area (Å²) in [5.41, 5.74) is 0. The summed E-state index contributed by atoms with van der Waals surface area (Å²) in [5, 5.41) is 0. The molecule has 0 aromatic heterocycles. The third-order valence-corrected chi connectivity index (χ3v) is 2.66. The van der Waals surface area contributed by atoms with Crippen LogP contribution in [0.2, 0.25) is 0 Å². The molecule has 0 spiro atoms. The van der Waals surface area contributed by atoms with Crippen molar-refractivity contribution in [3.05, 3.63) is 0 Å². The number of hydrogen-bond acceptors (Lipinski definition) is 4. The Labute approximate surface area is 131 Å². The summed E-state index contributed by atoms with van der Waals surface area (Å²) in [6.45, 7) is 0. The summed E-state index contributed by atoms with van der Waals surface area (Å²) < 4.78 is 56.8. The zero-order valence-electron chi connectivity index (χ0n) is 10.2. The molecular weight excluding hydrogens is 254 g/mol. The fraction of sp³-hybridized carbons (Fsp3) is 1.00. The topological polar surface area (TPSA) is 109 Å². The minimum atomic E-state index is -4.02. The van der Waals surface area contributed by atoms with Crippen LogP contribution in [-0.4, -0.2) is 37.4 Å². The Kier molecular flexibility index (Phi) is 13.5. The molecule has 0 rings (SSSR count). The first-order valence-corrected chi connectivity index (χ1v) is 6.33. The van der Waals surface area contributed by atoms with Crippen LogP contribution in [0.3, 0.4) is 0 Å². The molecule has 0 heterocycles. The van der Waals surface area contributed by atoms with Crippen LogP contribution in [0.25, 0.3) is 0 Å². The number of hydrogen-bond donors (Lipinski definition) is 2. The molecular formula is C4H12Na2O6S2. The summed E-state index contributed by atoms with van der Waals surface area (Å²) in [6, 6.07) is 0. The monoisotopic (exact) mass is 266 g/mol. The summed E-state index contributed by atoms with van der Waals surface area (Å²) in [7, 11) is -8.04. The number of unbranched alkanes of at least 4 members (excludes halogenated alkanes) is 1. The van der Waals surface area contributed by atoms with Crippen LogP contribution < -0.4 is 59.1 Å². The van der Waals surface area contributed by atoms with Gasteiger partial charge in [0.25, 0.3) is 20.2 Å². The van der Waals surface area contributed by atoms with Crippen molar-refractivity contribution in [1.82, 2.24) is 0 Å². The normalized spacial score (nSPS) is 11.3. The van der Waals surface area contributed by atoms with Crippen molar-refractivity contribution in [1.29, 1.82) is 0 Å². The van der Waals surface area contributed by atoms with Gasteiger partial charge in [-0.05, 0) is 12.8 Å². The molecule has 0 aliphatic heterocycles. The molecule has 0 aliphatic carbocycles. The van der Waals surface area contributed by atoms with E-state index < -0.39 is 31.7 Å². The molecule has 0 aliphatic rings. The standard InChI is InChI=1S/C4H10O6S2.2Na.2H/c5-11(6,7)3-1-2-4-12(8,9)10;;;;/h1-4H2,(H,5,6,7)(H,8,9,10);;;;/q;2*+1;2*-1. The van der Waals surface area contributed by atoms with Gasteiger partial charge in [-0.15, -0.1) is 0 Å². The minimum Gasteiger partial charge on any atom is -1.00 e. The van der Waals surface area contributed by atoms with E-state index in [1.807, 2.05) is 0 Å². The smallest absolute Gasteiger partial charge is 1.00 e. The molecule has 0 saturated heterocycles. The maximum atomic E-state index is 10.1. The Balaban J connectivity index is -0.000000101. The third kappa shape index (κ3) is 19.4. The van der Waals surface area contributed by atoms with Gasteiger partial charge < -0.3 is 2.85 Å². The molecule has 78 valence electrons.